The number of benzene rings is 1. The summed E-state index contributed by atoms with van der Waals surface area (Å²) in [4.78, 5) is 2.29. The molecule has 3 nitrogen and oxygen atoms in total. The van der Waals surface area contributed by atoms with Crippen LogP contribution in [0.2, 0.25) is 10.0 Å². The van der Waals surface area contributed by atoms with Crippen LogP contribution >= 0.6 is 23.2 Å². The van der Waals surface area contributed by atoms with E-state index in [2.05, 4.69) is 11.5 Å². The summed E-state index contributed by atoms with van der Waals surface area (Å²) in [6, 6.07) is 5.52. The minimum absolute atomic E-state index is 0.166. The number of hydrogen-bond acceptors (Lipinski definition) is 3. The third kappa shape index (κ3) is 3.22. The molecule has 1 aromatic rings. The molecule has 1 aliphatic heterocycles. The van der Waals surface area contributed by atoms with Crippen molar-refractivity contribution in [2.75, 3.05) is 13.2 Å². The van der Waals surface area contributed by atoms with Gasteiger partial charge in [0.1, 0.15) is 5.75 Å². The molecule has 2 bridgehead atoms. The number of hydrogen-bond donors (Lipinski definition) is 1. The van der Waals surface area contributed by atoms with E-state index in [4.69, 9.17) is 27.9 Å². The predicted molar refractivity (Wildman–Crippen MR) is 89.6 cm³/mol. The molecule has 0 amide bonds. The van der Waals surface area contributed by atoms with E-state index in [0.29, 0.717) is 28.3 Å². The molecule has 0 aromatic heterocycles. The lowest BCUT2D eigenvalue weighted by Gasteiger charge is -2.30. The normalized spacial score (nSPS) is 26.5. The summed E-state index contributed by atoms with van der Waals surface area (Å²) in [7, 11) is 0. The molecular formula is C17H21Cl2NO2. The first kappa shape index (κ1) is 16.0. The number of nitrogens with zero attached hydrogens (tertiary/aromatic N) is 1. The van der Waals surface area contributed by atoms with Gasteiger partial charge >= 0.3 is 0 Å². The number of fused-ring (bicyclic) bond motifs is 2. The highest BCUT2D eigenvalue weighted by molar-refractivity contribution is 6.35. The molecule has 3 atom stereocenters. The van der Waals surface area contributed by atoms with Gasteiger partial charge < -0.3 is 14.7 Å². The van der Waals surface area contributed by atoms with Gasteiger partial charge in [-0.1, -0.05) is 29.8 Å². The Morgan fingerprint density at radius 1 is 1.36 bits per heavy atom. The Balaban J connectivity index is 1.43. The van der Waals surface area contributed by atoms with Gasteiger partial charge in [-0.15, -0.1) is 0 Å². The van der Waals surface area contributed by atoms with Gasteiger partial charge in [-0.25, -0.2) is 0 Å². The predicted octanol–water partition coefficient (Wildman–Crippen LogP) is 4.12. The van der Waals surface area contributed by atoms with Crippen LogP contribution in [0.4, 0.5) is 0 Å². The molecule has 5 heteroatoms. The zero-order valence-corrected chi connectivity index (χ0v) is 14.0. The quantitative estimate of drug-likeness (QED) is 0.790. The lowest BCUT2D eigenvalue weighted by atomic mass is 10.1. The zero-order valence-electron chi connectivity index (χ0n) is 12.5. The number of halogens is 2. The van der Waals surface area contributed by atoms with Crippen LogP contribution < -0.4 is 4.74 Å². The van der Waals surface area contributed by atoms with E-state index in [1.807, 2.05) is 0 Å². The number of allylic oxidation sites excluding steroid dienone is 1. The highest BCUT2D eigenvalue weighted by Crippen LogP contribution is 2.40. The highest BCUT2D eigenvalue weighted by atomic mass is 35.5. The fourth-order valence-corrected chi connectivity index (χ4v) is 3.99. The highest BCUT2D eigenvalue weighted by Gasteiger charge is 2.45. The van der Waals surface area contributed by atoms with Crippen LogP contribution in [0.1, 0.15) is 25.7 Å². The standard InChI is InChI=1S/C17H21Cl2NO2/c1-11(20-10-12-4-6-15(20)17(12)21)3-2-8-22-16-7-5-13(18)9-14(16)19/h5,7,9,12,15,17,21H,1-4,6,8,10H2. The first-order chi connectivity index (χ1) is 10.6. The summed E-state index contributed by atoms with van der Waals surface area (Å²) in [5, 5.41) is 11.2. The molecule has 1 aromatic carbocycles. The van der Waals surface area contributed by atoms with Gasteiger partial charge in [-0.3, -0.25) is 0 Å². The summed E-state index contributed by atoms with van der Waals surface area (Å²) in [5.41, 5.74) is 1.11. The van der Waals surface area contributed by atoms with Crippen LogP contribution in [-0.4, -0.2) is 35.3 Å². The molecule has 1 N–H and O–H groups in total. The summed E-state index contributed by atoms with van der Waals surface area (Å²) in [5.74, 6) is 1.10. The van der Waals surface area contributed by atoms with Crippen LogP contribution in [0.3, 0.4) is 0 Å². The molecule has 1 heterocycles. The van der Waals surface area contributed by atoms with Crippen molar-refractivity contribution in [3.8, 4) is 5.75 Å². The van der Waals surface area contributed by atoms with Crippen LogP contribution in [-0.2, 0) is 0 Å². The minimum Gasteiger partial charge on any atom is -0.492 e. The molecular weight excluding hydrogens is 321 g/mol. The average molecular weight is 342 g/mol. The summed E-state index contributed by atoms with van der Waals surface area (Å²) in [6.45, 7) is 5.72. The molecule has 0 radical (unpaired) electrons. The first-order valence-corrected chi connectivity index (χ1v) is 8.52. The number of aliphatic hydroxyl groups is 1. The Morgan fingerprint density at radius 2 is 2.18 bits per heavy atom. The van der Waals surface area contributed by atoms with Crippen molar-refractivity contribution in [2.45, 2.75) is 37.8 Å². The average Bonchev–Trinajstić information content (AvgIpc) is 3.00. The van der Waals surface area contributed by atoms with E-state index < -0.39 is 0 Å². The first-order valence-electron chi connectivity index (χ1n) is 7.76. The van der Waals surface area contributed by atoms with Crippen molar-refractivity contribution >= 4 is 23.2 Å². The van der Waals surface area contributed by atoms with Gasteiger partial charge in [0, 0.05) is 23.2 Å². The molecule has 3 unspecified atom stereocenters. The van der Waals surface area contributed by atoms with Crippen LogP contribution in [0, 0.1) is 5.92 Å². The molecule has 0 spiro atoms. The van der Waals surface area contributed by atoms with Crippen LogP contribution in [0.25, 0.3) is 0 Å². The largest absolute Gasteiger partial charge is 0.492 e. The number of piperidine rings is 1. The van der Waals surface area contributed by atoms with Crippen molar-refractivity contribution in [1.82, 2.24) is 4.90 Å². The Kier molecular flexibility index (Phi) is 4.86. The maximum Gasteiger partial charge on any atom is 0.137 e. The van der Waals surface area contributed by atoms with Gasteiger partial charge in [0.2, 0.25) is 0 Å². The SMILES string of the molecule is C=C(CCCOc1ccc(Cl)cc1Cl)N1CC2CCC1C2O. The fraction of sp³-hybridized carbons (Fsp3) is 0.529. The van der Waals surface area contributed by atoms with E-state index >= 15 is 0 Å². The molecule has 2 fully saturated rings. The van der Waals surface area contributed by atoms with Crippen LogP contribution in [0.5, 0.6) is 5.75 Å². The van der Waals surface area contributed by atoms with Gasteiger partial charge in [0.15, 0.2) is 0 Å². The Labute approximate surface area is 141 Å². The smallest absolute Gasteiger partial charge is 0.137 e. The van der Waals surface area contributed by atoms with Gasteiger partial charge in [-0.2, -0.15) is 0 Å². The molecule has 1 saturated heterocycles. The van der Waals surface area contributed by atoms with Crippen LogP contribution in [0.15, 0.2) is 30.5 Å². The lowest BCUT2D eigenvalue weighted by Crippen LogP contribution is -2.33. The Morgan fingerprint density at radius 3 is 2.82 bits per heavy atom. The zero-order chi connectivity index (χ0) is 15.7. The molecule has 1 aliphatic carbocycles. The topological polar surface area (TPSA) is 32.7 Å². The second-order valence-electron chi connectivity index (χ2n) is 6.14. The maximum atomic E-state index is 10.1. The molecule has 2 aliphatic rings. The van der Waals surface area contributed by atoms with Gasteiger partial charge in [-0.05, 0) is 43.9 Å². The van der Waals surface area contributed by atoms with Crippen molar-refractivity contribution < 1.29 is 9.84 Å². The lowest BCUT2D eigenvalue weighted by molar-refractivity contribution is 0.133. The second kappa shape index (κ2) is 6.69. The van der Waals surface area contributed by atoms with Crippen molar-refractivity contribution in [2.24, 2.45) is 5.92 Å². The van der Waals surface area contributed by atoms with E-state index in [1.165, 1.54) is 0 Å². The van der Waals surface area contributed by atoms with E-state index in [1.54, 1.807) is 18.2 Å². The third-order valence-electron chi connectivity index (χ3n) is 4.71. The van der Waals surface area contributed by atoms with E-state index in [-0.39, 0.29) is 12.1 Å². The van der Waals surface area contributed by atoms with E-state index in [9.17, 15) is 5.11 Å². The summed E-state index contributed by atoms with van der Waals surface area (Å²) < 4.78 is 5.69. The second-order valence-corrected chi connectivity index (χ2v) is 6.98. The number of ether oxygens (including phenoxy) is 1. The molecule has 22 heavy (non-hydrogen) atoms. The monoisotopic (exact) mass is 341 g/mol. The molecule has 1 saturated carbocycles. The summed E-state index contributed by atoms with van der Waals surface area (Å²) >= 11 is 11.9. The molecule has 3 rings (SSSR count). The van der Waals surface area contributed by atoms with Crippen molar-refractivity contribution in [3.63, 3.8) is 0 Å². The molecule has 120 valence electrons. The Hall–Kier alpha value is -0.900. The van der Waals surface area contributed by atoms with Crippen molar-refractivity contribution in [1.29, 1.82) is 0 Å². The Bertz CT molecular complexity index is 564. The third-order valence-corrected chi connectivity index (χ3v) is 5.24. The fourth-order valence-electron chi connectivity index (χ4n) is 3.53. The minimum atomic E-state index is -0.166. The number of aliphatic hydroxyl groups excluding tert-OH is 1. The maximum absolute atomic E-state index is 10.1. The summed E-state index contributed by atoms with van der Waals surface area (Å²) in [6.07, 6.45) is 3.82. The number of likely N-dealkylation sites (tertiary alicyclic amines) is 1. The van der Waals surface area contributed by atoms with Crippen molar-refractivity contribution in [3.05, 3.63) is 40.5 Å². The van der Waals surface area contributed by atoms with Gasteiger partial charge in [0.05, 0.1) is 23.8 Å². The van der Waals surface area contributed by atoms with E-state index in [0.717, 1.165) is 37.9 Å². The number of rotatable bonds is 6. The van der Waals surface area contributed by atoms with Gasteiger partial charge in [0.25, 0.3) is 0 Å².